The molecule has 1 heteroatoms. The normalized spacial score (nSPS) is 47.2. The van der Waals surface area contributed by atoms with Gasteiger partial charge in [-0.1, -0.05) is 19.1 Å². The molecule has 1 fully saturated rings. The van der Waals surface area contributed by atoms with Gasteiger partial charge in [-0.2, -0.15) is 0 Å². The van der Waals surface area contributed by atoms with Crippen molar-refractivity contribution in [3.05, 3.63) is 12.2 Å². The van der Waals surface area contributed by atoms with Crippen LogP contribution < -0.4 is 0 Å². The molecular weight excluding hydrogens is 146 g/mol. The molecule has 68 valence electrons. The highest BCUT2D eigenvalue weighted by atomic mass is 15.3. The topological polar surface area (TPSA) is 0 Å². The van der Waals surface area contributed by atoms with Crippen LogP contribution >= 0.6 is 0 Å². The van der Waals surface area contributed by atoms with E-state index in [1.54, 1.807) is 0 Å². The van der Waals surface area contributed by atoms with Gasteiger partial charge in [0.15, 0.2) is 0 Å². The van der Waals surface area contributed by atoms with Gasteiger partial charge in [0.1, 0.15) is 0 Å². The molecule has 1 nitrogen and oxygen atoms in total. The van der Waals surface area contributed by atoms with E-state index in [-0.39, 0.29) is 0 Å². The van der Waals surface area contributed by atoms with E-state index in [0.29, 0.717) is 0 Å². The number of nitrogens with zero attached hydrogens (tertiary/aromatic N) is 1. The molecule has 2 aliphatic rings. The van der Waals surface area contributed by atoms with Crippen LogP contribution in [0.5, 0.6) is 0 Å². The predicted octanol–water partition coefficient (Wildman–Crippen LogP) is 2.05. The van der Waals surface area contributed by atoms with Gasteiger partial charge in [-0.25, -0.2) is 0 Å². The molecule has 2 heterocycles. The van der Waals surface area contributed by atoms with E-state index in [0.717, 1.165) is 11.8 Å². The van der Waals surface area contributed by atoms with E-state index in [4.69, 9.17) is 0 Å². The molecule has 2 bridgehead atoms. The molecule has 0 N–H and O–H groups in total. The maximum Gasteiger partial charge on any atom is 0.0848 e. The van der Waals surface area contributed by atoms with Crippen molar-refractivity contribution < 1.29 is 4.48 Å². The first-order chi connectivity index (χ1) is 5.68. The summed E-state index contributed by atoms with van der Waals surface area (Å²) in [6.07, 6.45) is 7.75. The summed E-state index contributed by atoms with van der Waals surface area (Å²) < 4.78 is 1.32. The first kappa shape index (κ1) is 8.31. The molecule has 2 rings (SSSR count). The van der Waals surface area contributed by atoms with Crippen LogP contribution in [0.1, 0.15) is 19.8 Å². The fourth-order valence-electron chi connectivity index (χ4n) is 2.91. The van der Waals surface area contributed by atoms with E-state index in [1.165, 1.54) is 37.0 Å². The summed E-state index contributed by atoms with van der Waals surface area (Å²) >= 11 is 0. The van der Waals surface area contributed by atoms with Gasteiger partial charge in [0.2, 0.25) is 0 Å². The smallest absolute Gasteiger partial charge is 0.0848 e. The van der Waals surface area contributed by atoms with Gasteiger partial charge in [-0.3, -0.25) is 0 Å². The summed E-state index contributed by atoms with van der Waals surface area (Å²) in [5.74, 6) is 1.67. The zero-order chi connectivity index (χ0) is 8.60. The lowest BCUT2D eigenvalue weighted by atomic mass is 9.97. The Kier molecular flexibility index (Phi) is 1.99. The molecule has 1 saturated heterocycles. The molecule has 0 radical (unpaired) electrons. The first-order valence-electron chi connectivity index (χ1n) is 5.20. The lowest BCUT2D eigenvalue weighted by Gasteiger charge is -2.40. The number of rotatable bonds is 0. The fourth-order valence-corrected chi connectivity index (χ4v) is 2.91. The van der Waals surface area contributed by atoms with Crippen molar-refractivity contribution in [2.45, 2.75) is 19.8 Å². The average molecular weight is 166 g/mol. The van der Waals surface area contributed by atoms with Crippen LogP contribution in [0.4, 0.5) is 0 Å². The van der Waals surface area contributed by atoms with Crippen molar-refractivity contribution in [3.8, 4) is 0 Å². The van der Waals surface area contributed by atoms with Crippen molar-refractivity contribution in [2.75, 3.05) is 26.7 Å². The maximum absolute atomic E-state index is 2.47. The molecule has 0 aromatic heterocycles. The largest absolute Gasteiger partial charge is 0.325 e. The summed E-state index contributed by atoms with van der Waals surface area (Å²) in [6, 6.07) is 0. The highest BCUT2D eigenvalue weighted by Crippen LogP contribution is 2.27. The molecule has 3 atom stereocenters. The number of hydrogen-bond donors (Lipinski definition) is 0. The lowest BCUT2D eigenvalue weighted by molar-refractivity contribution is -0.918. The predicted molar refractivity (Wildman–Crippen MR) is 51.8 cm³/mol. The van der Waals surface area contributed by atoms with Crippen LogP contribution in [0, 0.1) is 11.8 Å². The third-order valence-electron chi connectivity index (χ3n) is 3.39. The summed E-state index contributed by atoms with van der Waals surface area (Å²) in [5, 5.41) is 0. The molecule has 0 aromatic rings. The number of piperidine rings is 1. The minimum atomic E-state index is 0.790. The van der Waals surface area contributed by atoms with Crippen molar-refractivity contribution in [3.63, 3.8) is 0 Å². The van der Waals surface area contributed by atoms with Gasteiger partial charge in [-0.05, 0) is 12.8 Å². The van der Waals surface area contributed by atoms with Gasteiger partial charge in [0, 0.05) is 11.8 Å². The van der Waals surface area contributed by atoms with Crippen LogP contribution in [-0.2, 0) is 0 Å². The summed E-state index contributed by atoms with van der Waals surface area (Å²) in [5.41, 5.74) is 0. The third-order valence-corrected chi connectivity index (χ3v) is 3.39. The number of hydrogen-bond acceptors (Lipinski definition) is 0. The fraction of sp³-hybridized carbons (Fsp3) is 0.818. The van der Waals surface area contributed by atoms with E-state index in [2.05, 4.69) is 26.1 Å². The molecule has 0 amide bonds. The van der Waals surface area contributed by atoms with Gasteiger partial charge < -0.3 is 4.48 Å². The van der Waals surface area contributed by atoms with Crippen molar-refractivity contribution in [1.29, 1.82) is 0 Å². The minimum absolute atomic E-state index is 0.790. The summed E-state index contributed by atoms with van der Waals surface area (Å²) in [7, 11) is 2.43. The molecule has 0 aromatic carbocycles. The molecular formula is C11H20N+. The van der Waals surface area contributed by atoms with Crippen LogP contribution in [0.2, 0.25) is 0 Å². The number of quaternary nitrogens is 1. The Bertz CT molecular complexity index is 193. The minimum Gasteiger partial charge on any atom is -0.325 e. The van der Waals surface area contributed by atoms with Gasteiger partial charge in [-0.15, -0.1) is 0 Å². The van der Waals surface area contributed by atoms with Crippen LogP contribution in [-0.4, -0.2) is 31.2 Å². The second-order valence-corrected chi connectivity index (χ2v) is 4.97. The van der Waals surface area contributed by atoms with Crippen LogP contribution in [0.3, 0.4) is 0 Å². The van der Waals surface area contributed by atoms with Crippen molar-refractivity contribution >= 4 is 0 Å². The van der Waals surface area contributed by atoms with Crippen molar-refractivity contribution in [1.82, 2.24) is 0 Å². The third kappa shape index (κ3) is 1.56. The SMILES string of the molecule is CC1C=CC2CCC[N+](C)(C1)C2. The molecule has 3 unspecified atom stereocenters. The second kappa shape index (κ2) is 2.88. The Labute approximate surface area is 75.7 Å². The number of fused-ring (bicyclic) bond motifs is 2. The Hall–Kier alpha value is -0.300. The van der Waals surface area contributed by atoms with E-state index >= 15 is 0 Å². The molecule has 0 aliphatic carbocycles. The Balaban J connectivity index is 2.17. The molecule has 0 saturated carbocycles. The van der Waals surface area contributed by atoms with E-state index in [1.807, 2.05) is 0 Å². The highest BCUT2D eigenvalue weighted by molar-refractivity contribution is 4.95. The Morgan fingerprint density at radius 2 is 2.08 bits per heavy atom. The Morgan fingerprint density at radius 3 is 2.92 bits per heavy atom. The van der Waals surface area contributed by atoms with Gasteiger partial charge in [0.25, 0.3) is 0 Å². The zero-order valence-corrected chi connectivity index (χ0v) is 8.29. The summed E-state index contributed by atoms with van der Waals surface area (Å²) in [6.45, 7) is 6.50. The molecule has 2 aliphatic heterocycles. The quantitative estimate of drug-likeness (QED) is 0.381. The zero-order valence-electron chi connectivity index (χ0n) is 8.29. The maximum atomic E-state index is 2.47. The monoisotopic (exact) mass is 166 g/mol. The van der Waals surface area contributed by atoms with Gasteiger partial charge >= 0.3 is 0 Å². The summed E-state index contributed by atoms with van der Waals surface area (Å²) in [4.78, 5) is 0. The van der Waals surface area contributed by atoms with Crippen molar-refractivity contribution in [2.24, 2.45) is 11.8 Å². The average Bonchev–Trinajstić information content (AvgIpc) is 2.08. The Morgan fingerprint density at radius 1 is 1.25 bits per heavy atom. The van der Waals surface area contributed by atoms with E-state index in [9.17, 15) is 0 Å². The highest BCUT2D eigenvalue weighted by Gasteiger charge is 2.32. The standard InChI is InChI=1S/C11H20N/c1-10-5-6-11-4-3-7-12(2,8-10)9-11/h5-6,10-11H,3-4,7-9H2,1-2H3/q+1. The molecule has 12 heavy (non-hydrogen) atoms. The lowest BCUT2D eigenvalue weighted by Crippen LogP contribution is -2.51. The van der Waals surface area contributed by atoms with Gasteiger partial charge in [0.05, 0.1) is 26.7 Å². The van der Waals surface area contributed by atoms with Crippen LogP contribution in [0.15, 0.2) is 12.2 Å². The first-order valence-corrected chi connectivity index (χ1v) is 5.20. The van der Waals surface area contributed by atoms with E-state index < -0.39 is 0 Å². The van der Waals surface area contributed by atoms with Crippen LogP contribution in [0.25, 0.3) is 0 Å². The molecule has 0 spiro atoms. The second-order valence-electron chi connectivity index (χ2n) is 4.97.